The molecule has 0 spiro atoms. The van der Waals surface area contributed by atoms with Gasteiger partial charge in [-0.15, -0.1) is 0 Å². The van der Waals surface area contributed by atoms with Crippen LogP contribution in [-0.4, -0.2) is 48.5 Å². The van der Waals surface area contributed by atoms with Gasteiger partial charge in [0.25, 0.3) is 11.4 Å². The fourth-order valence-corrected chi connectivity index (χ4v) is 3.19. The zero-order chi connectivity index (χ0) is 21.1. The van der Waals surface area contributed by atoms with Crippen LogP contribution in [0.5, 0.6) is 17.4 Å². The van der Waals surface area contributed by atoms with Gasteiger partial charge < -0.3 is 29.0 Å². The van der Waals surface area contributed by atoms with Crippen molar-refractivity contribution in [2.45, 2.75) is 26.4 Å². The first-order chi connectivity index (χ1) is 13.9. The Bertz CT molecular complexity index is 968. The number of pyridine rings is 2. The van der Waals surface area contributed by atoms with Gasteiger partial charge in [-0.3, -0.25) is 4.79 Å². The van der Waals surface area contributed by atoms with Crippen LogP contribution in [0.2, 0.25) is 0 Å². The van der Waals surface area contributed by atoms with Crippen LogP contribution in [0, 0.1) is 5.92 Å². The van der Waals surface area contributed by atoms with Crippen LogP contribution in [0.15, 0.2) is 16.9 Å². The number of carbonyl (C=O) groups is 1. The zero-order valence-corrected chi connectivity index (χ0v) is 16.8. The third kappa shape index (κ3) is 4.04. The third-order valence-electron chi connectivity index (χ3n) is 4.57. The molecule has 2 aromatic heterocycles. The molecule has 0 aliphatic carbocycles. The molecule has 9 nitrogen and oxygen atoms in total. The molecule has 1 atom stereocenters. The summed E-state index contributed by atoms with van der Waals surface area (Å²) in [6.45, 7) is 4.87. The fourth-order valence-electron chi connectivity index (χ4n) is 3.19. The van der Waals surface area contributed by atoms with E-state index in [1.54, 1.807) is 13.2 Å². The van der Waals surface area contributed by atoms with Crippen molar-refractivity contribution in [1.29, 1.82) is 0 Å². The quantitative estimate of drug-likeness (QED) is 0.645. The van der Waals surface area contributed by atoms with Gasteiger partial charge in [0.1, 0.15) is 17.4 Å². The number of aromatic nitrogens is 2. The summed E-state index contributed by atoms with van der Waals surface area (Å²) in [6.07, 6.45) is 0.240. The van der Waals surface area contributed by atoms with E-state index in [-0.39, 0.29) is 17.4 Å². The Morgan fingerprint density at radius 2 is 2.07 bits per heavy atom. The summed E-state index contributed by atoms with van der Waals surface area (Å²) in [5.74, 6) is -0.201. The number of nitrogens with zero attached hydrogens (tertiary/aromatic N) is 1. The molecule has 0 aromatic carbocycles. The second-order valence-electron chi connectivity index (χ2n) is 6.97. The molecule has 2 aromatic rings. The van der Waals surface area contributed by atoms with Gasteiger partial charge in [-0.2, -0.15) is 0 Å². The molecule has 0 radical (unpaired) electrons. The number of hydrogen-bond donors (Lipinski definition) is 2. The minimum absolute atomic E-state index is 0.0163. The minimum Gasteiger partial charge on any atom is -0.488 e. The molecule has 0 bridgehead atoms. The standard InChI is InChI=1S/C20H24N2O7/c1-10(2)17-11-8-12(20(24)25)18(23)21-15(11)16-13(29-17)9-14(19(22-16)27-4)28-7-5-6-26-3/h8-10,17H,5-7H2,1-4H3,(H,21,23)(H,24,25). The smallest absolute Gasteiger partial charge is 0.341 e. The average molecular weight is 404 g/mol. The predicted octanol–water partition coefficient (Wildman–Crippen LogP) is 2.65. The number of H-pyrrole nitrogens is 1. The molecule has 0 saturated heterocycles. The predicted molar refractivity (Wildman–Crippen MR) is 104 cm³/mol. The molecule has 0 saturated carbocycles. The normalized spacial score (nSPS) is 14.7. The third-order valence-corrected chi connectivity index (χ3v) is 4.57. The number of carboxylic acid groups (broad SMARTS) is 1. The van der Waals surface area contributed by atoms with E-state index in [1.165, 1.54) is 13.2 Å². The lowest BCUT2D eigenvalue weighted by Crippen LogP contribution is -2.26. The van der Waals surface area contributed by atoms with E-state index in [9.17, 15) is 14.7 Å². The van der Waals surface area contributed by atoms with Gasteiger partial charge in [-0.05, 0) is 12.0 Å². The van der Waals surface area contributed by atoms with Crippen molar-refractivity contribution in [3.8, 4) is 28.8 Å². The first-order valence-corrected chi connectivity index (χ1v) is 9.25. The highest BCUT2D eigenvalue weighted by Crippen LogP contribution is 2.46. The molecule has 0 amide bonds. The summed E-state index contributed by atoms with van der Waals surface area (Å²) in [6, 6.07) is 3.03. The van der Waals surface area contributed by atoms with Crippen LogP contribution in [0.1, 0.15) is 42.3 Å². The molecule has 9 heteroatoms. The average Bonchev–Trinajstić information content (AvgIpc) is 2.69. The van der Waals surface area contributed by atoms with Gasteiger partial charge in [0, 0.05) is 31.8 Å². The van der Waals surface area contributed by atoms with E-state index in [0.29, 0.717) is 48.1 Å². The number of aromatic amines is 1. The molecular formula is C20H24N2O7. The van der Waals surface area contributed by atoms with Crippen LogP contribution >= 0.6 is 0 Å². The number of hydrogen-bond acceptors (Lipinski definition) is 7. The number of rotatable bonds is 8. The van der Waals surface area contributed by atoms with Gasteiger partial charge in [-0.1, -0.05) is 13.8 Å². The van der Waals surface area contributed by atoms with Gasteiger partial charge in [0.15, 0.2) is 11.5 Å². The minimum atomic E-state index is -1.30. The highest BCUT2D eigenvalue weighted by molar-refractivity contribution is 5.88. The summed E-state index contributed by atoms with van der Waals surface area (Å²) in [4.78, 5) is 30.8. The molecule has 3 heterocycles. The molecule has 1 unspecified atom stereocenters. The topological polar surface area (TPSA) is 120 Å². The largest absolute Gasteiger partial charge is 0.488 e. The molecule has 1 aliphatic rings. The van der Waals surface area contributed by atoms with E-state index >= 15 is 0 Å². The van der Waals surface area contributed by atoms with E-state index in [1.807, 2.05) is 13.8 Å². The van der Waals surface area contributed by atoms with E-state index in [4.69, 9.17) is 18.9 Å². The summed E-state index contributed by atoms with van der Waals surface area (Å²) in [5, 5.41) is 9.30. The fraction of sp³-hybridized carbons (Fsp3) is 0.450. The van der Waals surface area contributed by atoms with Crippen LogP contribution in [0.25, 0.3) is 11.4 Å². The Kier molecular flexibility index (Phi) is 6.07. The van der Waals surface area contributed by atoms with Crippen molar-refractivity contribution in [2.24, 2.45) is 5.92 Å². The second-order valence-corrected chi connectivity index (χ2v) is 6.97. The van der Waals surface area contributed by atoms with Gasteiger partial charge >= 0.3 is 5.97 Å². The molecule has 29 heavy (non-hydrogen) atoms. The highest BCUT2D eigenvalue weighted by Gasteiger charge is 2.33. The molecule has 0 fully saturated rings. The number of aromatic carboxylic acids is 1. The SMILES string of the molecule is COCCCOc1cc2c(nc1OC)-c1[nH]c(=O)c(C(=O)O)cc1C(C(C)C)O2. The first kappa shape index (κ1) is 20.7. The lowest BCUT2D eigenvalue weighted by atomic mass is 9.92. The Morgan fingerprint density at radius 3 is 2.69 bits per heavy atom. The maximum absolute atomic E-state index is 12.3. The van der Waals surface area contributed by atoms with E-state index < -0.39 is 17.6 Å². The van der Waals surface area contributed by atoms with Crippen LogP contribution in [0.3, 0.4) is 0 Å². The first-order valence-electron chi connectivity index (χ1n) is 9.25. The van der Waals surface area contributed by atoms with Crippen molar-refractivity contribution in [2.75, 3.05) is 27.4 Å². The molecule has 2 N–H and O–H groups in total. The summed E-state index contributed by atoms with van der Waals surface area (Å²) < 4.78 is 22.2. The lowest BCUT2D eigenvalue weighted by molar-refractivity contribution is 0.0694. The highest BCUT2D eigenvalue weighted by atomic mass is 16.5. The van der Waals surface area contributed by atoms with E-state index in [0.717, 1.165) is 0 Å². The van der Waals surface area contributed by atoms with Gasteiger partial charge in [-0.25, -0.2) is 9.78 Å². The maximum Gasteiger partial charge on any atom is 0.341 e. The molecular weight excluding hydrogens is 380 g/mol. The Balaban J connectivity index is 2.10. The van der Waals surface area contributed by atoms with Crippen LogP contribution < -0.4 is 19.8 Å². The number of carboxylic acids is 1. The van der Waals surface area contributed by atoms with Crippen molar-refractivity contribution < 1.29 is 28.8 Å². The summed E-state index contributed by atoms with van der Waals surface area (Å²) >= 11 is 0. The van der Waals surface area contributed by atoms with Crippen molar-refractivity contribution >= 4 is 5.97 Å². The number of fused-ring (bicyclic) bond motifs is 3. The monoisotopic (exact) mass is 404 g/mol. The zero-order valence-electron chi connectivity index (χ0n) is 16.8. The van der Waals surface area contributed by atoms with Crippen LogP contribution in [-0.2, 0) is 4.74 Å². The van der Waals surface area contributed by atoms with Crippen molar-refractivity contribution in [1.82, 2.24) is 9.97 Å². The maximum atomic E-state index is 12.3. The molecule has 3 rings (SSSR count). The second kappa shape index (κ2) is 8.52. The van der Waals surface area contributed by atoms with E-state index in [2.05, 4.69) is 9.97 Å². The summed E-state index contributed by atoms with van der Waals surface area (Å²) in [5.41, 5.74) is 0.308. The number of ether oxygens (including phenoxy) is 4. The molecule has 156 valence electrons. The number of nitrogens with one attached hydrogen (secondary N) is 1. The van der Waals surface area contributed by atoms with Crippen LogP contribution in [0.4, 0.5) is 0 Å². The Morgan fingerprint density at radius 1 is 1.31 bits per heavy atom. The lowest BCUT2D eigenvalue weighted by Gasteiger charge is -2.31. The Hall–Kier alpha value is -3.07. The van der Waals surface area contributed by atoms with Crippen molar-refractivity contribution in [3.05, 3.63) is 33.6 Å². The van der Waals surface area contributed by atoms with Gasteiger partial charge in [0.05, 0.1) is 19.4 Å². The van der Waals surface area contributed by atoms with Crippen molar-refractivity contribution in [3.63, 3.8) is 0 Å². The Labute approximate surface area is 167 Å². The molecule has 1 aliphatic heterocycles. The van der Waals surface area contributed by atoms with Gasteiger partial charge in [0.2, 0.25) is 0 Å². The summed E-state index contributed by atoms with van der Waals surface area (Å²) in [7, 11) is 3.09. The number of methoxy groups -OCH3 is 2.